The molecule has 0 bridgehead atoms. The summed E-state index contributed by atoms with van der Waals surface area (Å²) in [4.78, 5) is 9.10. The topological polar surface area (TPSA) is 87.2 Å². The van der Waals surface area contributed by atoms with Crippen molar-refractivity contribution in [2.75, 3.05) is 13.7 Å². The maximum Gasteiger partial charge on any atom is 0.191 e. The number of nitrogens with zero attached hydrogens (tertiary/aromatic N) is 3. The first-order valence-electron chi connectivity index (χ1n) is 9.01. The number of benzene rings is 2. The fourth-order valence-corrected chi connectivity index (χ4v) is 2.74. The van der Waals surface area contributed by atoms with Crippen LogP contribution in [0.25, 0.3) is 11.4 Å². The molecule has 28 heavy (non-hydrogen) atoms. The van der Waals surface area contributed by atoms with Gasteiger partial charge in [0, 0.05) is 17.1 Å². The molecule has 0 radical (unpaired) electrons. The summed E-state index contributed by atoms with van der Waals surface area (Å²) in [6, 6.07) is 15.3. The molecule has 3 rings (SSSR count). The number of rotatable bonds is 7. The Labute approximate surface area is 169 Å². The molecule has 0 saturated heterocycles. The first-order valence-corrected chi connectivity index (χ1v) is 9.38. The molecule has 0 aliphatic rings. The van der Waals surface area contributed by atoms with Crippen LogP contribution in [0.15, 0.2) is 53.5 Å². The Balaban J connectivity index is 1.63. The quantitative estimate of drug-likeness (QED) is 0.419. The van der Waals surface area contributed by atoms with E-state index >= 15 is 0 Å². The Hall–Kier alpha value is -3.06. The molecule has 8 heteroatoms. The number of ether oxygens (including phenoxy) is 1. The Morgan fingerprint density at radius 2 is 1.93 bits per heavy atom. The summed E-state index contributed by atoms with van der Waals surface area (Å²) in [5, 5.41) is 14.4. The molecule has 0 fully saturated rings. The van der Waals surface area contributed by atoms with E-state index in [9.17, 15) is 0 Å². The standard InChI is InChI=1S/C20H23ClN6O/c1-3-22-20(23-12-15-6-4-5-7-17(15)21)24-13-18-25-19(27-26-18)14-8-10-16(28-2)11-9-14/h4-11H,3,12-13H2,1-2H3,(H2,22,23,24)(H,25,26,27). The number of aromatic amines is 1. The summed E-state index contributed by atoms with van der Waals surface area (Å²) < 4.78 is 5.17. The second-order valence-electron chi connectivity index (χ2n) is 5.97. The molecule has 3 N–H and O–H groups in total. The first kappa shape index (κ1) is 19.7. The molecular weight excluding hydrogens is 376 g/mol. The summed E-state index contributed by atoms with van der Waals surface area (Å²) in [7, 11) is 1.64. The van der Waals surface area contributed by atoms with Gasteiger partial charge in [-0.25, -0.2) is 9.98 Å². The molecule has 2 aromatic carbocycles. The van der Waals surface area contributed by atoms with Gasteiger partial charge in [0.05, 0.1) is 20.2 Å². The molecule has 3 aromatic rings. The van der Waals surface area contributed by atoms with Crippen molar-refractivity contribution in [2.45, 2.75) is 20.0 Å². The maximum atomic E-state index is 6.20. The zero-order valence-electron chi connectivity index (χ0n) is 15.9. The van der Waals surface area contributed by atoms with Gasteiger partial charge in [-0.1, -0.05) is 29.8 Å². The summed E-state index contributed by atoms with van der Waals surface area (Å²) in [5.41, 5.74) is 1.89. The lowest BCUT2D eigenvalue weighted by Gasteiger charge is -2.10. The van der Waals surface area contributed by atoms with Gasteiger partial charge in [-0.15, -0.1) is 0 Å². The number of nitrogens with one attached hydrogen (secondary N) is 3. The highest BCUT2D eigenvalue weighted by Gasteiger charge is 2.07. The lowest BCUT2D eigenvalue weighted by atomic mass is 10.2. The lowest BCUT2D eigenvalue weighted by Crippen LogP contribution is -2.37. The van der Waals surface area contributed by atoms with E-state index in [1.807, 2.05) is 55.5 Å². The van der Waals surface area contributed by atoms with Crippen LogP contribution < -0.4 is 15.4 Å². The minimum atomic E-state index is 0.470. The number of H-pyrrole nitrogens is 1. The van der Waals surface area contributed by atoms with E-state index in [0.29, 0.717) is 35.7 Å². The van der Waals surface area contributed by atoms with Crippen LogP contribution in [-0.2, 0) is 13.1 Å². The molecular formula is C20H23ClN6O. The highest BCUT2D eigenvalue weighted by atomic mass is 35.5. The van der Waals surface area contributed by atoms with E-state index in [2.05, 4.69) is 30.8 Å². The fourth-order valence-electron chi connectivity index (χ4n) is 2.54. The molecule has 0 spiro atoms. The van der Waals surface area contributed by atoms with Crippen molar-refractivity contribution < 1.29 is 4.74 Å². The summed E-state index contributed by atoms with van der Waals surface area (Å²) in [5.74, 6) is 2.84. The van der Waals surface area contributed by atoms with Crippen molar-refractivity contribution in [3.8, 4) is 17.1 Å². The van der Waals surface area contributed by atoms with Crippen LogP contribution in [0.5, 0.6) is 5.75 Å². The highest BCUT2D eigenvalue weighted by Crippen LogP contribution is 2.19. The molecule has 1 aromatic heterocycles. The molecule has 0 saturated carbocycles. The first-order chi connectivity index (χ1) is 13.7. The fraction of sp³-hybridized carbons (Fsp3) is 0.250. The van der Waals surface area contributed by atoms with Gasteiger partial charge in [-0.3, -0.25) is 5.10 Å². The van der Waals surface area contributed by atoms with Crippen molar-refractivity contribution in [1.82, 2.24) is 25.8 Å². The van der Waals surface area contributed by atoms with Crippen molar-refractivity contribution in [2.24, 2.45) is 4.99 Å². The van der Waals surface area contributed by atoms with Crippen LogP contribution in [0.2, 0.25) is 5.02 Å². The number of hydrogen-bond acceptors (Lipinski definition) is 4. The van der Waals surface area contributed by atoms with E-state index in [0.717, 1.165) is 23.4 Å². The van der Waals surface area contributed by atoms with Gasteiger partial charge < -0.3 is 15.4 Å². The molecule has 0 unspecified atom stereocenters. The Kier molecular flexibility index (Phi) is 6.86. The van der Waals surface area contributed by atoms with Crippen LogP contribution >= 0.6 is 11.6 Å². The van der Waals surface area contributed by atoms with Gasteiger partial charge in [0.25, 0.3) is 0 Å². The average Bonchev–Trinajstić information content (AvgIpc) is 3.20. The van der Waals surface area contributed by atoms with Crippen LogP contribution in [0.4, 0.5) is 0 Å². The van der Waals surface area contributed by atoms with Crippen LogP contribution in [0.3, 0.4) is 0 Å². The number of halogens is 1. The third kappa shape index (κ3) is 5.23. The molecule has 0 aliphatic carbocycles. The van der Waals surface area contributed by atoms with Crippen molar-refractivity contribution in [3.63, 3.8) is 0 Å². The minimum absolute atomic E-state index is 0.470. The molecule has 0 amide bonds. The van der Waals surface area contributed by atoms with E-state index in [-0.39, 0.29) is 0 Å². The van der Waals surface area contributed by atoms with Gasteiger partial charge in [-0.05, 0) is 42.8 Å². The molecule has 146 valence electrons. The molecule has 1 heterocycles. The average molecular weight is 399 g/mol. The number of hydrogen-bond donors (Lipinski definition) is 3. The minimum Gasteiger partial charge on any atom is -0.497 e. The van der Waals surface area contributed by atoms with Crippen LogP contribution in [0.1, 0.15) is 18.3 Å². The summed E-state index contributed by atoms with van der Waals surface area (Å²) in [6.45, 7) is 3.73. The predicted octanol–water partition coefficient (Wildman–Crippen LogP) is 3.39. The summed E-state index contributed by atoms with van der Waals surface area (Å²) >= 11 is 6.20. The third-order valence-corrected chi connectivity index (χ3v) is 4.38. The largest absolute Gasteiger partial charge is 0.497 e. The SMILES string of the molecule is CCNC(=NCc1ccccc1Cl)NCc1nc(-c2ccc(OC)cc2)n[nH]1. The van der Waals surface area contributed by atoms with Gasteiger partial charge in [0.2, 0.25) is 0 Å². The summed E-state index contributed by atoms with van der Waals surface area (Å²) in [6.07, 6.45) is 0. The maximum absolute atomic E-state index is 6.20. The van der Waals surface area contributed by atoms with E-state index in [1.54, 1.807) is 7.11 Å². The smallest absolute Gasteiger partial charge is 0.191 e. The van der Waals surface area contributed by atoms with Gasteiger partial charge in [-0.2, -0.15) is 5.10 Å². The molecule has 7 nitrogen and oxygen atoms in total. The second-order valence-corrected chi connectivity index (χ2v) is 6.38. The zero-order chi connectivity index (χ0) is 19.8. The zero-order valence-corrected chi connectivity index (χ0v) is 16.6. The van der Waals surface area contributed by atoms with E-state index in [1.165, 1.54) is 0 Å². The Morgan fingerprint density at radius 1 is 1.14 bits per heavy atom. The van der Waals surface area contributed by atoms with Gasteiger partial charge in [0.15, 0.2) is 11.8 Å². The van der Waals surface area contributed by atoms with Crippen molar-refractivity contribution in [1.29, 1.82) is 0 Å². The number of guanidine groups is 1. The van der Waals surface area contributed by atoms with Gasteiger partial charge in [0.1, 0.15) is 11.6 Å². The van der Waals surface area contributed by atoms with Crippen molar-refractivity contribution in [3.05, 3.63) is 64.9 Å². The molecule has 0 aliphatic heterocycles. The second kappa shape index (κ2) is 9.75. The normalized spacial score (nSPS) is 11.3. The van der Waals surface area contributed by atoms with E-state index < -0.39 is 0 Å². The Bertz CT molecular complexity index is 922. The Morgan fingerprint density at radius 3 is 2.64 bits per heavy atom. The number of methoxy groups -OCH3 is 1. The van der Waals surface area contributed by atoms with Crippen molar-refractivity contribution >= 4 is 17.6 Å². The monoisotopic (exact) mass is 398 g/mol. The third-order valence-electron chi connectivity index (χ3n) is 4.01. The lowest BCUT2D eigenvalue weighted by molar-refractivity contribution is 0.415. The van der Waals surface area contributed by atoms with E-state index in [4.69, 9.17) is 16.3 Å². The van der Waals surface area contributed by atoms with Gasteiger partial charge >= 0.3 is 0 Å². The predicted molar refractivity (Wildman–Crippen MR) is 111 cm³/mol. The number of aromatic nitrogens is 3. The van der Waals surface area contributed by atoms with Crippen LogP contribution in [-0.4, -0.2) is 34.8 Å². The highest BCUT2D eigenvalue weighted by molar-refractivity contribution is 6.31. The molecule has 0 atom stereocenters. The van der Waals surface area contributed by atoms with Crippen LogP contribution in [0, 0.1) is 0 Å². The number of aliphatic imine (C=N–C) groups is 1.